The van der Waals surface area contributed by atoms with Gasteiger partial charge in [0.1, 0.15) is 5.15 Å². The van der Waals surface area contributed by atoms with Gasteiger partial charge in [-0.05, 0) is 40.2 Å². The van der Waals surface area contributed by atoms with E-state index in [0.717, 1.165) is 39.8 Å². The van der Waals surface area contributed by atoms with Crippen molar-refractivity contribution in [2.45, 2.75) is 44.2 Å². The second kappa shape index (κ2) is 7.53. The van der Waals surface area contributed by atoms with E-state index in [9.17, 15) is 0 Å². The van der Waals surface area contributed by atoms with Crippen molar-refractivity contribution in [3.63, 3.8) is 0 Å². The maximum Gasteiger partial charge on any atom is 0.131 e. The normalized spacial score (nSPS) is 20.9. The molecule has 0 radical (unpaired) electrons. The highest BCUT2D eigenvalue weighted by atomic mass is 79.9. The molecule has 0 bridgehead atoms. The zero-order valence-electron chi connectivity index (χ0n) is 13.6. The molecule has 4 rings (SSSR count). The summed E-state index contributed by atoms with van der Waals surface area (Å²) in [6.45, 7) is 0.793. The molecule has 3 nitrogen and oxygen atoms in total. The SMILES string of the molecule is N[C@@H]1CCCC[C@@H]1c1sc2c(NCc3cccs3)cc(Cl)nc2c1Br. The lowest BCUT2D eigenvalue weighted by atomic mass is 9.84. The van der Waals surface area contributed by atoms with Gasteiger partial charge in [-0.25, -0.2) is 4.98 Å². The lowest BCUT2D eigenvalue weighted by Crippen LogP contribution is -2.30. The van der Waals surface area contributed by atoms with Crippen molar-refractivity contribution in [2.24, 2.45) is 5.73 Å². The minimum Gasteiger partial charge on any atom is -0.379 e. The number of nitrogens with two attached hydrogens (primary N) is 1. The van der Waals surface area contributed by atoms with Gasteiger partial charge in [0, 0.05) is 34.3 Å². The van der Waals surface area contributed by atoms with Crippen LogP contribution in [-0.4, -0.2) is 11.0 Å². The summed E-state index contributed by atoms with van der Waals surface area (Å²) in [5.41, 5.74) is 8.41. The Kier molecular flexibility index (Phi) is 5.34. The molecule has 1 aliphatic carbocycles. The minimum atomic E-state index is 0.233. The van der Waals surface area contributed by atoms with Crippen LogP contribution < -0.4 is 11.1 Å². The molecule has 0 aromatic carbocycles. The molecule has 25 heavy (non-hydrogen) atoms. The zero-order valence-corrected chi connectivity index (χ0v) is 17.6. The number of nitrogens with zero attached hydrogens (tertiary/aromatic N) is 1. The van der Waals surface area contributed by atoms with Gasteiger partial charge >= 0.3 is 0 Å². The summed E-state index contributed by atoms with van der Waals surface area (Å²) in [4.78, 5) is 7.19. The first kappa shape index (κ1) is 17.7. The highest BCUT2D eigenvalue weighted by molar-refractivity contribution is 9.10. The summed E-state index contributed by atoms with van der Waals surface area (Å²) in [6.07, 6.45) is 4.73. The van der Waals surface area contributed by atoms with Gasteiger partial charge in [0.25, 0.3) is 0 Å². The molecule has 3 aromatic rings. The number of pyridine rings is 1. The molecule has 132 valence electrons. The fourth-order valence-electron chi connectivity index (χ4n) is 3.48. The van der Waals surface area contributed by atoms with Gasteiger partial charge in [0.05, 0.1) is 20.4 Å². The number of hydrogen-bond acceptors (Lipinski definition) is 5. The molecule has 0 spiro atoms. The lowest BCUT2D eigenvalue weighted by molar-refractivity contribution is 0.389. The first-order valence-electron chi connectivity index (χ1n) is 8.43. The molecule has 1 aliphatic rings. The van der Waals surface area contributed by atoms with E-state index < -0.39 is 0 Å². The van der Waals surface area contributed by atoms with Gasteiger partial charge in [-0.3, -0.25) is 0 Å². The van der Waals surface area contributed by atoms with Crippen LogP contribution in [0.5, 0.6) is 0 Å². The summed E-state index contributed by atoms with van der Waals surface area (Å²) < 4.78 is 2.22. The van der Waals surface area contributed by atoms with Crippen molar-refractivity contribution >= 4 is 66.1 Å². The van der Waals surface area contributed by atoms with E-state index in [1.165, 1.54) is 22.6 Å². The third-order valence-electron chi connectivity index (χ3n) is 4.77. The van der Waals surface area contributed by atoms with Crippen molar-refractivity contribution in [3.8, 4) is 0 Å². The topological polar surface area (TPSA) is 50.9 Å². The van der Waals surface area contributed by atoms with E-state index >= 15 is 0 Å². The predicted molar refractivity (Wildman–Crippen MR) is 113 cm³/mol. The van der Waals surface area contributed by atoms with Crippen LogP contribution in [0.1, 0.15) is 41.4 Å². The van der Waals surface area contributed by atoms with Crippen LogP contribution in [0.25, 0.3) is 10.2 Å². The molecule has 3 N–H and O–H groups in total. The number of nitrogens with one attached hydrogen (secondary N) is 1. The quantitative estimate of drug-likeness (QED) is 0.448. The molecule has 0 unspecified atom stereocenters. The van der Waals surface area contributed by atoms with Crippen molar-refractivity contribution < 1.29 is 0 Å². The molecule has 2 atom stereocenters. The van der Waals surface area contributed by atoms with Gasteiger partial charge in [0.2, 0.25) is 0 Å². The maximum absolute atomic E-state index is 6.42. The summed E-state index contributed by atoms with van der Waals surface area (Å²) in [7, 11) is 0. The van der Waals surface area contributed by atoms with Crippen LogP contribution in [0.4, 0.5) is 5.69 Å². The molecule has 0 saturated heterocycles. The Hall–Kier alpha value is -0.660. The Morgan fingerprint density at radius 2 is 2.20 bits per heavy atom. The van der Waals surface area contributed by atoms with Crippen LogP contribution in [0.3, 0.4) is 0 Å². The number of thiophene rings is 2. The molecule has 0 amide bonds. The molecular formula is C18H19BrClN3S2. The smallest absolute Gasteiger partial charge is 0.131 e. The van der Waals surface area contributed by atoms with E-state index in [-0.39, 0.29) is 6.04 Å². The average molecular weight is 457 g/mol. The monoisotopic (exact) mass is 455 g/mol. The number of halogens is 2. The van der Waals surface area contributed by atoms with E-state index in [4.69, 9.17) is 17.3 Å². The van der Waals surface area contributed by atoms with Crippen molar-refractivity contribution in [1.82, 2.24) is 4.98 Å². The van der Waals surface area contributed by atoms with Gasteiger partial charge in [0.15, 0.2) is 0 Å². The number of aromatic nitrogens is 1. The second-order valence-corrected chi connectivity index (χ2v) is 9.70. The van der Waals surface area contributed by atoms with Gasteiger partial charge in [-0.15, -0.1) is 22.7 Å². The third-order valence-corrected chi connectivity index (χ3v) is 8.25. The van der Waals surface area contributed by atoms with E-state index in [0.29, 0.717) is 11.1 Å². The van der Waals surface area contributed by atoms with Crippen molar-refractivity contribution in [3.05, 3.63) is 43.0 Å². The average Bonchev–Trinajstić information content (AvgIpc) is 3.22. The van der Waals surface area contributed by atoms with Gasteiger partial charge < -0.3 is 11.1 Å². The first-order chi connectivity index (χ1) is 12.1. The molecule has 7 heteroatoms. The summed E-state index contributed by atoms with van der Waals surface area (Å²) in [5.74, 6) is 0.409. The Morgan fingerprint density at radius 1 is 1.36 bits per heavy atom. The summed E-state index contributed by atoms with van der Waals surface area (Å²) >= 11 is 13.6. The molecule has 1 fully saturated rings. The lowest BCUT2D eigenvalue weighted by Gasteiger charge is -2.28. The van der Waals surface area contributed by atoms with E-state index in [2.05, 4.69) is 43.7 Å². The van der Waals surface area contributed by atoms with Crippen LogP contribution in [0.15, 0.2) is 28.1 Å². The van der Waals surface area contributed by atoms with Gasteiger partial charge in [-0.1, -0.05) is 30.5 Å². The highest BCUT2D eigenvalue weighted by Crippen LogP contribution is 2.46. The Labute approximate surface area is 168 Å². The van der Waals surface area contributed by atoms with Gasteiger partial charge in [-0.2, -0.15) is 0 Å². The Balaban J connectivity index is 1.72. The highest BCUT2D eigenvalue weighted by Gasteiger charge is 2.28. The largest absolute Gasteiger partial charge is 0.379 e. The van der Waals surface area contributed by atoms with E-state index in [1.54, 1.807) is 22.7 Å². The van der Waals surface area contributed by atoms with Crippen LogP contribution in [0, 0.1) is 0 Å². The Morgan fingerprint density at radius 3 is 2.96 bits per heavy atom. The number of hydrogen-bond donors (Lipinski definition) is 2. The second-order valence-electron chi connectivity index (χ2n) is 6.44. The Bertz CT molecular complexity index is 878. The van der Waals surface area contributed by atoms with Crippen molar-refractivity contribution in [1.29, 1.82) is 0 Å². The minimum absolute atomic E-state index is 0.233. The fraction of sp³-hybridized carbons (Fsp3) is 0.389. The first-order valence-corrected chi connectivity index (χ1v) is 11.3. The zero-order chi connectivity index (χ0) is 17.4. The number of fused-ring (bicyclic) bond motifs is 1. The fourth-order valence-corrected chi connectivity index (χ4v) is 6.60. The van der Waals surface area contributed by atoms with Crippen LogP contribution >= 0.6 is 50.2 Å². The summed E-state index contributed by atoms with van der Waals surface area (Å²) in [5, 5.41) is 6.14. The number of anilines is 1. The van der Waals surface area contributed by atoms with Crippen molar-refractivity contribution in [2.75, 3.05) is 5.32 Å². The van der Waals surface area contributed by atoms with Crippen LogP contribution in [0.2, 0.25) is 5.15 Å². The van der Waals surface area contributed by atoms with E-state index in [1.807, 2.05) is 6.07 Å². The predicted octanol–water partition coefficient (Wildman–Crippen LogP) is 6.37. The summed E-state index contributed by atoms with van der Waals surface area (Å²) in [6, 6.07) is 6.36. The molecular weight excluding hydrogens is 438 g/mol. The third kappa shape index (κ3) is 3.60. The molecule has 3 aromatic heterocycles. The molecule has 1 saturated carbocycles. The standard InChI is InChI=1S/C18H19BrClN3S2/c19-15-16-18(25-17(15)11-5-1-2-6-12(11)21)13(8-14(20)23-16)22-9-10-4-3-7-24-10/h3-4,7-8,11-12H,1-2,5-6,9,21H2,(H,22,23)/t11-,12+/m0/s1. The molecule has 0 aliphatic heterocycles. The van der Waals surface area contributed by atoms with Crippen LogP contribution in [-0.2, 0) is 6.54 Å². The number of rotatable bonds is 4. The maximum atomic E-state index is 6.42. The molecule has 3 heterocycles.